The zero-order valence-electron chi connectivity index (χ0n) is 14.3. The van der Waals surface area contributed by atoms with Crippen molar-refractivity contribution in [3.05, 3.63) is 30.5 Å². The normalized spacial score (nSPS) is 15.9. The number of rotatable bonds is 7. The van der Waals surface area contributed by atoms with Crippen LogP contribution < -0.4 is 10.6 Å². The Morgan fingerprint density at radius 2 is 2.08 bits per heavy atom. The predicted octanol–water partition coefficient (Wildman–Crippen LogP) is 2.98. The molecule has 2 N–H and O–H groups in total. The molecule has 3 rings (SSSR count). The van der Waals surface area contributed by atoms with Crippen molar-refractivity contribution in [3.63, 3.8) is 0 Å². The molecule has 0 bridgehead atoms. The molecule has 1 aliphatic carbocycles. The number of amides is 2. The average Bonchev–Trinajstić information content (AvgIpc) is 2.93. The van der Waals surface area contributed by atoms with Gasteiger partial charge in [-0.25, -0.2) is 4.79 Å². The van der Waals surface area contributed by atoms with Gasteiger partial charge in [0.25, 0.3) is 0 Å². The van der Waals surface area contributed by atoms with Crippen LogP contribution in [0.5, 0.6) is 0 Å². The van der Waals surface area contributed by atoms with E-state index in [1.165, 1.54) is 0 Å². The molecule has 2 aromatic rings. The van der Waals surface area contributed by atoms with Crippen molar-refractivity contribution in [2.75, 3.05) is 32.8 Å². The van der Waals surface area contributed by atoms with E-state index in [-0.39, 0.29) is 11.6 Å². The summed E-state index contributed by atoms with van der Waals surface area (Å²) in [5.41, 5.74) is 1.72. The molecule has 1 aromatic heterocycles. The summed E-state index contributed by atoms with van der Waals surface area (Å²) in [6.45, 7) is 2.04. The molecule has 130 valence electrons. The number of hydrogen-bond donors (Lipinski definition) is 2. The Labute approximate surface area is 142 Å². The highest BCUT2D eigenvalue weighted by Crippen LogP contribution is 2.32. The van der Waals surface area contributed by atoms with Gasteiger partial charge in [0, 0.05) is 43.6 Å². The Hall–Kier alpha value is -2.05. The van der Waals surface area contributed by atoms with Crippen molar-refractivity contribution < 1.29 is 14.3 Å². The van der Waals surface area contributed by atoms with E-state index >= 15 is 0 Å². The lowest BCUT2D eigenvalue weighted by molar-refractivity contribution is 0.0648. The Morgan fingerprint density at radius 1 is 1.25 bits per heavy atom. The van der Waals surface area contributed by atoms with Crippen molar-refractivity contribution in [2.24, 2.45) is 0 Å². The fraction of sp³-hybridized carbons (Fsp3) is 0.500. The molecular formula is C18H25N3O3. The van der Waals surface area contributed by atoms with Gasteiger partial charge in [-0.3, -0.25) is 0 Å². The standard InChI is InChI=1S/C18H25N3O3/c1-23-11-10-21-9-6-14-12-15(4-5-16(14)21)19-17(22)20-18(13-24-2)7-3-8-18/h4-6,9,12H,3,7-8,10-11,13H2,1-2H3,(H2,19,20,22). The van der Waals surface area contributed by atoms with Gasteiger partial charge in [-0.15, -0.1) is 0 Å². The highest BCUT2D eigenvalue weighted by Gasteiger charge is 2.38. The molecule has 0 aliphatic heterocycles. The van der Waals surface area contributed by atoms with Crippen LogP contribution in [-0.2, 0) is 16.0 Å². The van der Waals surface area contributed by atoms with E-state index in [0.717, 1.165) is 42.4 Å². The second kappa shape index (κ2) is 7.23. The Morgan fingerprint density at radius 3 is 2.75 bits per heavy atom. The fourth-order valence-electron chi connectivity index (χ4n) is 3.25. The molecule has 0 unspecified atom stereocenters. The third-order valence-corrected chi connectivity index (χ3v) is 4.68. The largest absolute Gasteiger partial charge is 0.383 e. The molecule has 6 nitrogen and oxygen atoms in total. The molecule has 1 aromatic carbocycles. The van der Waals surface area contributed by atoms with E-state index in [2.05, 4.69) is 15.2 Å². The SMILES string of the molecule is COCCn1ccc2cc(NC(=O)NC3(COC)CCC3)ccc21. The zero-order chi connectivity index (χ0) is 17.0. The van der Waals surface area contributed by atoms with Crippen LogP contribution in [0, 0.1) is 0 Å². The Bertz CT molecular complexity index is 707. The lowest BCUT2D eigenvalue weighted by Crippen LogP contribution is -2.57. The predicted molar refractivity (Wildman–Crippen MR) is 94.4 cm³/mol. The van der Waals surface area contributed by atoms with Gasteiger partial charge in [-0.1, -0.05) is 0 Å². The minimum atomic E-state index is -0.202. The summed E-state index contributed by atoms with van der Waals surface area (Å²) in [7, 11) is 3.37. The number of fused-ring (bicyclic) bond motifs is 1. The lowest BCUT2D eigenvalue weighted by Gasteiger charge is -2.41. The Kier molecular flexibility index (Phi) is 5.06. The molecule has 0 saturated heterocycles. The van der Waals surface area contributed by atoms with Crippen LogP contribution >= 0.6 is 0 Å². The van der Waals surface area contributed by atoms with E-state index in [1.807, 2.05) is 30.5 Å². The number of methoxy groups -OCH3 is 2. The zero-order valence-corrected chi connectivity index (χ0v) is 14.3. The number of anilines is 1. The summed E-state index contributed by atoms with van der Waals surface area (Å²) in [5.74, 6) is 0. The van der Waals surface area contributed by atoms with Crippen molar-refractivity contribution >= 4 is 22.6 Å². The number of ether oxygens (including phenoxy) is 2. The Balaban J connectivity index is 1.65. The van der Waals surface area contributed by atoms with E-state index < -0.39 is 0 Å². The summed E-state index contributed by atoms with van der Waals surface area (Å²) in [6, 6.07) is 7.81. The number of urea groups is 1. The van der Waals surface area contributed by atoms with Gasteiger partial charge < -0.3 is 24.7 Å². The summed E-state index contributed by atoms with van der Waals surface area (Å²) in [6.07, 6.45) is 5.10. The highest BCUT2D eigenvalue weighted by atomic mass is 16.5. The van der Waals surface area contributed by atoms with E-state index in [9.17, 15) is 4.79 Å². The van der Waals surface area contributed by atoms with Gasteiger partial charge >= 0.3 is 6.03 Å². The molecule has 0 spiro atoms. The molecule has 0 radical (unpaired) electrons. The third kappa shape index (κ3) is 3.55. The van der Waals surface area contributed by atoms with Gasteiger partial charge in [0.15, 0.2) is 0 Å². The number of nitrogens with zero attached hydrogens (tertiary/aromatic N) is 1. The molecule has 1 aliphatic rings. The number of nitrogens with one attached hydrogen (secondary N) is 2. The maximum atomic E-state index is 12.3. The molecule has 1 saturated carbocycles. The summed E-state index contributed by atoms with van der Waals surface area (Å²) in [5, 5.41) is 7.09. The van der Waals surface area contributed by atoms with Crippen LogP contribution in [0.4, 0.5) is 10.5 Å². The van der Waals surface area contributed by atoms with Crippen LogP contribution in [-0.4, -0.2) is 43.6 Å². The lowest BCUT2D eigenvalue weighted by atomic mass is 9.77. The third-order valence-electron chi connectivity index (χ3n) is 4.68. The second-order valence-electron chi connectivity index (χ2n) is 6.42. The summed E-state index contributed by atoms with van der Waals surface area (Å²) < 4.78 is 12.5. The van der Waals surface area contributed by atoms with Crippen LogP contribution in [0.25, 0.3) is 10.9 Å². The van der Waals surface area contributed by atoms with Crippen molar-refractivity contribution in [1.29, 1.82) is 0 Å². The second-order valence-corrected chi connectivity index (χ2v) is 6.42. The van der Waals surface area contributed by atoms with Crippen molar-refractivity contribution in [2.45, 2.75) is 31.3 Å². The maximum absolute atomic E-state index is 12.3. The van der Waals surface area contributed by atoms with Crippen molar-refractivity contribution in [1.82, 2.24) is 9.88 Å². The first-order valence-electron chi connectivity index (χ1n) is 8.32. The molecule has 2 amide bonds. The van der Waals surface area contributed by atoms with Crippen LogP contribution in [0.1, 0.15) is 19.3 Å². The van der Waals surface area contributed by atoms with Gasteiger partial charge in [-0.05, 0) is 43.5 Å². The minimum Gasteiger partial charge on any atom is -0.383 e. The average molecular weight is 331 g/mol. The molecule has 0 atom stereocenters. The van der Waals surface area contributed by atoms with Crippen LogP contribution in [0.2, 0.25) is 0 Å². The van der Waals surface area contributed by atoms with Gasteiger partial charge in [-0.2, -0.15) is 0 Å². The first-order chi connectivity index (χ1) is 11.7. The smallest absolute Gasteiger partial charge is 0.319 e. The molecule has 1 heterocycles. The van der Waals surface area contributed by atoms with Crippen LogP contribution in [0.15, 0.2) is 30.5 Å². The van der Waals surface area contributed by atoms with Crippen LogP contribution in [0.3, 0.4) is 0 Å². The molecule has 24 heavy (non-hydrogen) atoms. The summed E-state index contributed by atoms with van der Waals surface area (Å²) >= 11 is 0. The van der Waals surface area contributed by atoms with Crippen molar-refractivity contribution in [3.8, 4) is 0 Å². The van der Waals surface area contributed by atoms with E-state index in [1.54, 1.807) is 14.2 Å². The first-order valence-corrected chi connectivity index (χ1v) is 8.32. The van der Waals surface area contributed by atoms with E-state index in [0.29, 0.717) is 13.2 Å². The summed E-state index contributed by atoms with van der Waals surface area (Å²) in [4.78, 5) is 12.3. The van der Waals surface area contributed by atoms with Gasteiger partial charge in [0.1, 0.15) is 0 Å². The first kappa shape index (κ1) is 16.8. The number of benzene rings is 1. The number of carbonyl (C=O) groups excluding carboxylic acids is 1. The highest BCUT2D eigenvalue weighted by molar-refractivity contribution is 5.93. The monoisotopic (exact) mass is 331 g/mol. The maximum Gasteiger partial charge on any atom is 0.319 e. The van der Waals surface area contributed by atoms with Gasteiger partial charge in [0.2, 0.25) is 0 Å². The molecule has 6 heteroatoms. The van der Waals surface area contributed by atoms with Gasteiger partial charge in [0.05, 0.1) is 18.8 Å². The quantitative estimate of drug-likeness (QED) is 0.820. The number of aromatic nitrogens is 1. The molecule has 1 fully saturated rings. The number of carbonyl (C=O) groups is 1. The topological polar surface area (TPSA) is 64.5 Å². The number of hydrogen-bond acceptors (Lipinski definition) is 3. The van der Waals surface area contributed by atoms with E-state index in [4.69, 9.17) is 9.47 Å². The fourth-order valence-corrected chi connectivity index (χ4v) is 3.25. The minimum absolute atomic E-state index is 0.176. The molecular weight excluding hydrogens is 306 g/mol.